The van der Waals surface area contributed by atoms with Crippen LogP contribution in [0.1, 0.15) is 33.3 Å². The van der Waals surface area contributed by atoms with Crippen LogP contribution in [0.15, 0.2) is 77.7 Å². The van der Waals surface area contributed by atoms with Crippen LogP contribution < -0.4 is 5.32 Å². The summed E-state index contributed by atoms with van der Waals surface area (Å²) >= 11 is 1.03. The second-order valence-electron chi connectivity index (χ2n) is 9.25. The highest BCUT2D eigenvalue weighted by atomic mass is 32.2. The minimum absolute atomic E-state index is 0.00601. The van der Waals surface area contributed by atoms with Gasteiger partial charge in [0, 0.05) is 17.7 Å². The average Bonchev–Trinajstić information content (AvgIpc) is 3.32. The molecule has 4 rings (SSSR count). The molecule has 1 N–H and O–H groups in total. The lowest BCUT2D eigenvalue weighted by molar-refractivity contribution is -0.115. The fourth-order valence-corrected chi connectivity index (χ4v) is 5.85. The predicted octanol–water partition coefficient (Wildman–Crippen LogP) is 5.22. The summed E-state index contributed by atoms with van der Waals surface area (Å²) in [5.74, 6) is -1.29. The van der Waals surface area contributed by atoms with Crippen molar-refractivity contribution in [2.75, 3.05) is 25.2 Å². The van der Waals surface area contributed by atoms with E-state index >= 15 is 0 Å². The Morgan fingerprint density at radius 3 is 2.36 bits per heavy atom. The first-order chi connectivity index (χ1) is 18.6. The number of carbonyl (C=O) groups excluding carboxylic acids is 2. The Labute approximate surface area is 231 Å². The molecule has 202 valence electrons. The van der Waals surface area contributed by atoms with Crippen LogP contribution in [-0.4, -0.2) is 49.8 Å². The maximum Gasteiger partial charge on any atom is 0.230 e. The van der Waals surface area contributed by atoms with Gasteiger partial charge in [0.05, 0.1) is 22.8 Å². The SMILES string of the molecule is CCS(=O)(=O)c1ccc(CC(=O)Nc2nc(-c3cccc(CN(C)C)c3)c(C(=O)c3cccc(F)c3)s2)cc1. The molecule has 3 aromatic carbocycles. The molecule has 1 heterocycles. The lowest BCUT2D eigenvalue weighted by Crippen LogP contribution is -2.14. The molecule has 0 aliphatic heterocycles. The first-order valence-electron chi connectivity index (χ1n) is 12.2. The number of aromatic nitrogens is 1. The van der Waals surface area contributed by atoms with Gasteiger partial charge < -0.3 is 10.2 Å². The number of rotatable bonds is 10. The molecule has 0 aliphatic carbocycles. The number of carbonyl (C=O) groups is 2. The fraction of sp³-hybridized carbons (Fsp3) is 0.207. The zero-order valence-corrected chi connectivity index (χ0v) is 23.4. The summed E-state index contributed by atoms with van der Waals surface area (Å²) in [7, 11) is 0.582. The van der Waals surface area contributed by atoms with E-state index in [0.717, 1.165) is 16.9 Å². The Bertz CT molecular complexity index is 1610. The summed E-state index contributed by atoms with van der Waals surface area (Å²) in [6, 6.07) is 19.3. The second-order valence-corrected chi connectivity index (χ2v) is 12.5. The standard InChI is InChI=1S/C29H28FN3O4S2/c1-4-39(36,37)24-13-11-19(12-14-24)16-25(34)31-29-32-26(21-8-5-7-20(15-21)18-33(2)3)28(38-29)27(35)22-9-6-10-23(30)17-22/h5-15,17H,4,16,18H2,1-3H3,(H,31,32,34). The zero-order valence-electron chi connectivity index (χ0n) is 21.8. The van der Waals surface area contributed by atoms with Gasteiger partial charge in [0.1, 0.15) is 10.7 Å². The van der Waals surface area contributed by atoms with Crippen LogP contribution >= 0.6 is 11.3 Å². The van der Waals surface area contributed by atoms with Crippen LogP contribution in [0.25, 0.3) is 11.3 Å². The highest BCUT2D eigenvalue weighted by molar-refractivity contribution is 7.91. The van der Waals surface area contributed by atoms with Gasteiger partial charge >= 0.3 is 0 Å². The molecule has 4 aromatic rings. The van der Waals surface area contributed by atoms with Crippen LogP contribution in [0.4, 0.5) is 9.52 Å². The smallest absolute Gasteiger partial charge is 0.230 e. The van der Waals surface area contributed by atoms with E-state index in [0.29, 0.717) is 23.4 Å². The molecule has 0 atom stereocenters. The molecule has 7 nitrogen and oxygen atoms in total. The number of hydrogen-bond donors (Lipinski definition) is 1. The van der Waals surface area contributed by atoms with Crippen LogP contribution in [0.2, 0.25) is 0 Å². The predicted molar refractivity (Wildman–Crippen MR) is 151 cm³/mol. The van der Waals surface area contributed by atoms with Crippen LogP contribution in [0.3, 0.4) is 0 Å². The molecule has 0 saturated carbocycles. The summed E-state index contributed by atoms with van der Waals surface area (Å²) in [5, 5.41) is 2.99. The second kappa shape index (κ2) is 12.0. The molecule has 39 heavy (non-hydrogen) atoms. The van der Waals surface area contributed by atoms with Gasteiger partial charge in [0.25, 0.3) is 0 Å². The molecule has 0 spiro atoms. The molecule has 0 fully saturated rings. The van der Waals surface area contributed by atoms with Gasteiger partial charge in [0.15, 0.2) is 15.0 Å². The Morgan fingerprint density at radius 1 is 0.974 bits per heavy atom. The van der Waals surface area contributed by atoms with Crippen molar-refractivity contribution in [2.45, 2.75) is 24.8 Å². The third-order valence-corrected chi connectivity index (χ3v) is 8.61. The fourth-order valence-electron chi connectivity index (χ4n) is 4.00. The van der Waals surface area contributed by atoms with Crippen LogP contribution in [-0.2, 0) is 27.6 Å². The van der Waals surface area contributed by atoms with E-state index in [-0.39, 0.29) is 38.5 Å². The average molecular weight is 566 g/mol. The Hall–Kier alpha value is -3.73. The molecule has 1 amide bonds. The quantitative estimate of drug-likeness (QED) is 0.265. The van der Waals surface area contributed by atoms with Crippen molar-refractivity contribution in [2.24, 2.45) is 0 Å². The first-order valence-corrected chi connectivity index (χ1v) is 14.7. The van der Waals surface area contributed by atoms with E-state index in [1.807, 2.05) is 43.3 Å². The van der Waals surface area contributed by atoms with E-state index in [1.165, 1.54) is 36.4 Å². The van der Waals surface area contributed by atoms with Crippen molar-refractivity contribution < 1.29 is 22.4 Å². The summed E-state index contributed by atoms with van der Waals surface area (Å²) in [6.45, 7) is 2.26. The lowest BCUT2D eigenvalue weighted by Gasteiger charge is -2.10. The number of hydrogen-bond acceptors (Lipinski definition) is 7. The topological polar surface area (TPSA) is 96.4 Å². The van der Waals surface area contributed by atoms with E-state index < -0.39 is 21.4 Å². The third kappa shape index (κ3) is 7.03. The van der Waals surface area contributed by atoms with Crippen LogP contribution in [0, 0.1) is 5.82 Å². The number of thiazole rings is 1. The maximum absolute atomic E-state index is 13.9. The number of halogens is 1. The largest absolute Gasteiger partial charge is 0.305 e. The van der Waals surface area contributed by atoms with Gasteiger partial charge in [-0.05, 0) is 55.6 Å². The van der Waals surface area contributed by atoms with Gasteiger partial charge in [-0.15, -0.1) is 0 Å². The Balaban J connectivity index is 1.63. The number of anilines is 1. The highest BCUT2D eigenvalue weighted by Crippen LogP contribution is 2.34. The van der Waals surface area contributed by atoms with E-state index in [4.69, 9.17) is 0 Å². The van der Waals surface area contributed by atoms with E-state index in [9.17, 15) is 22.4 Å². The summed E-state index contributed by atoms with van der Waals surface area (Å²) in [4.78, 5) is 33.4. The van der Waals surface area contributed by atoms with Gasteiger partial charge in [-0.3, -0.25) is 9.59 Å². The number of nitrogens with one attached hydrogen (secondary N) is 1. The Kier molecular flexibility index (Phi) is 8.69. The lowest BCUT2D eigenvalue weighted by atomic mass is 10.0. The molecule has 0 aliphatic rings. The molecule has 1 aromatic heterocycles. The number of benzene rings is 3. The van der Waals surface area contributed by atoms with Crippen molar-refractivity contribution in [1.29, 1.82) is 0 Å². The number of amides is 1. The van der Waals surface area contributed by atoms with Crippen LogP contribution in [0.5, 0.6) is 0 Å². The molecule has 0 radical (unpaired) electrons. The minimum Gasteiger partial charge on any atom is -0.305 e. The van der Waals surface area contributed by atoms with Gasteiger partial charge in [-0.25, -0.2) is 17.8 Å². The van der Waals surface area contributed by atoms with E-state index in [1.54, 1.807) is 19.1 Å². The van der Waals surface area contributed by atoms with Crippen molar-refractivity contribution >= 4 is 38.0 Å². The Morgan fingerprint density at radius 2 is 1.69 bits per heavy atom. The highest BCUT2D eigenvalue weighted by Gasteiger charge is 2.23. The number of sulfone groups is 1. The van der Waals surface area contributed by atoms with Crippen molar-refractivity contribution in [3.8, 4) is 11.3 Å². The minimum atomic E-state index is -3.33. The normalized spacial score (nSPS) is 11.5. The molecule has 0 saturated heterocycles. The summed E-state index contributed by atoms with van der Waals surface area (Å²) in [5.41, 5.74) is 2.95. The zero-order chi connectivity index (χ0) is 28.2. The van der Waals surface area contributed by atoms with E-state index in [2.05, 4.69) is 10.3 Å². The van der Waals surface area contributed by atoms with Gasteiger partial charge in [-0.2, -0.15) is 0 Å². The molecular formula is C29H28FN3O4S2. The van der Waals surface area contributed by atoms with Gasteiger partial charge in [0.2, 0.25) is 11.7 Å². The third-order valence-electron chi connectivity index (χ3n) is 5.89. The number of nitrogens with zero attached hydrogens (tertiary/aromatic N) is 2. The first kappa shape index (κ1) is 28.3. The maximum atomic E-state index is 13.9. The molecular weight excluding hydrogens is 537 g/mol. The molecule has 10 heteroatoms. The van der Waals surface area contributed by atoms with Crippen molar-refractivity contribution in [3.05, 3.63) is 100 Å². The number of ketones is 1. The summed E-state index contributed by atoms with van der Waals surface area (Å²) < 4.78 is 38.0. The van der Waals surface area contributed by atoms with Gasteiger partial charge in [-0.1, -0.05) is 60.7 Å². The van der Waals surface area contributed by atoms with Crippen molar-refractivity contribution in [3.63, 3.8) is 0 Å². The molecule has 0 bridgehead atoms. The monoisotopic (exact) mass is 565 g/mol. The summed E-state index contributed by atoms with van der Waals surface area (Å²) in [6.07, 6.45) is -0.00708. The van der Waals surface area contributed by atoms with Crippen molar-refractivity contribution in [1.82, 2.24) is 9.88 Å². The molecule has 0 unspecified atom stereocenters.